The van der Waals surface area contributed by atoms with Gasteiger partial charge in [-0.05, 0) is 25.6 Å². The SMILES string of the molecule is CCNC(C)C(C)Sc1ccccn1. The second-order valence-corrected chi connectivity index (χ2v) is 4.73. The van der Waals surface area contributed by atoms with Gasteiger partial charge in [0, 0.05) is 17.5 Å². The zero-order valence-electron chi connectivity index (χ0n) is 9.03. The zero-order chi connectivity index (χ0) is 10.4. The number of aromatic nitrogens is 1. The molecule has 0 bridgehead atoms. The van der Waals surface area contributed by atoms with Crippen LogP contribution in [0.15, 0.2) is 29.4 Å². The van der Waals surface area contributed by atoms with E-state index in [1.165, 1.54) is 0 Å². The summed E-state index contributed by atoms with van der Waals surface area (Å²) in [5.41, 5.74) is 0. The third-order valence-electron chi connectivity index (χ3n) is 2.17. The Hall–Kier alpha value is -0.540. The topological polar surface area (TPSA) is 24.9 Å². The Bertz CT molecular complexity index is 251. The molecule has 2 unspecified atom stereocenters. The van der Waals surface area contributed by atoms with Gasteiger partial charge in [0.1, 0.15) is 0 Å². The molecule has 0 aliphatic carbocycles. The molecule has 0 radical (unpaired) electrons. The molecule has 0 spiro atoms. The van der Waals surface area contributed by atoms with Crippen LogP contribution in [0.1, 0.15) is 20.8 Å². The monoisotopic (exact) mass is 210 g/mol. The standard InChI is InChI=1S/C11H18N2S/c1-4-12-9(2)10(3)14-11-7-5-6-8-13-11/h5-10,12H,4H2,1-3H3. The van der Waals surface area contributed by atoms with Crippen molar-refractivity contribution in [3.63, 3.8) is 0 Å². The van der Waals surface area contributed by atoms with Crippen LogP contribution in [0.25, 0.3) is 0 Å². The van der Waals surface area contributed by atoms with Crippen molar-refractivity contribution >= 4 is 11.8 Å². The summed E-state index contributed by atoms with van der Waals surface area (Å²) in [6.07, 6.45) is 1.84. The largest absolute Gasteiger partial charge is 0.313 e. The molecule has 1 heterocycles. The number of nitrogens with zero attached hydrogens (tertiary/aromatic N) is 1. The second kappa shape index (κ2) is 6.04. The molecular formula is C11H18N2S. The van der Waals surface area contributed by atoms with Gasteiger partial charge in [-0.1, -0.05) is 19.9 Å². The summed E-state index contributed by atoms with van der Waals surface area (Å²) in [6, 6.07) is 6.55. The molecule has 1 aromatic heterocycles. The number of thioether (sulfide) groups is 1. The Morgan fingerprint density at radius 1 is 1.43 bits per heavy atom. The fraction of sp³-hybridized carbons (Fsp3) is 0.545. The van der Waals surface area contributed by atoms with Crippen molar-refractivity contribution in [1.82, 2.24) is 10.3 Å². The lowest BCUT2D eigenvalue weighted by Gasteiger charge is -2.19. The molecule has 0 saturated carbocycles. The van der Waals surface area contributed by atoms with Crippen molar-refractivity contribution in [3.05, 3.63) is 24.4 Å². The molecule has 0 aliphatic rings. The molecular weight excluding hydrogens is 192 g/mol. The summed E-state index contributed by atoms with van der Waals surface area (Å²) in [7, 11) is 0. The van der Waals surface area contributed by atoms with E-state index in [9.17, 15) is 0 Å². The molecule has 0 saturated heterocycles. The summed E-state index contributed by atoms with van der Waals surface area (Å²) in [6.45, 7) is 7.60. The van der Waals surface area contributed by atoms with Gasteiger partial charge in [-0.3, -0.25) is 0 Å². The molecule has 3 heteroatoms. The van der Waals surface area contributed by atoms with E-state index in [0.29, 0.717) is 11.3 Å². The molecule has 14 heavy (non-hydrogen) atoms. The predicted molar refractivity (Wildman–Crippen MR) is 62.7 cm³/mol. The van der Waals surface area contributed by atoms with Crippen LogP contribution in [0.3, 0.4) is 0 Å². The Morgan fingerprint density at radius 2 is 2.21 bits per heavy atom. The first-order valence-corrected chi connectivity index (χ1v) is 5.93. The highest BCUT2D eigenvalue weighted by atomic mass is 32.2. The average molecular weight is 210 g/mol. The first-order chi connectivity index (χ1) is 6.74. The number of hydrogen-bond donors (Lipinski definition) is 1. The van der Waals surface area contributed by atoms with Gasteiger partial charge in [-0.15, -0.1) is 11.8 Å². The summed E-state index contributed by atoms with van der Waals surface area (Å²) < 4.78 is 0. The highest BCUT2D eigenvalue weighted by Gasteiger charge is 2.12. The molecule has 1 rings (SSSR count). The van der Waals surface area contributed by atoms with Crippen LogP contribution < -0.4 is 5.32 Å². The number of hydrogen-bond acceptors (Lipinski definition) is 3. The average Bonchev–Trinajstić information content (AvgIpc) is 2.19. The van der Waals surface area contributed by atoms with Gasteiger partial charge < -0.3 is 5.32 Å². The lowest BCUT2D eigenvalue weighted by atomic mass is 10.2. The van der Waals surface area contributed by atoms with Gasteiger partial charge in [-0.2, -0.15) is 0 Å². The number of nitrogens with one attached hydrogen (secondary N) is 1. The molecule has 0 aliphatic heterocycles. The molecule has 1 N–H and O–H groups in total. The van der Waals surface area contributed by atoms with Crippen LogP contribution in [0.4, 0.5) is 0 Å². The van der Waals surface area contributed by atoms with E-state index in [-0.39, 0.29) is 0 Å². The van der Waals surface area contributed by atoms with Gasteiger partial charge >= 0.3 is 0 Å². The molecule has 1 aromatic rings. The van der Waals surface area contributed by atoms with Crippen molar-refractivity contribution in [1.29, 1.82) is 0 Å². The second-order valence-electron chi connectivity index (χ2n) is 3.34. The lowest BCUT2D eigenvalue weighted by Crippen LogP contribution is -2.33. The predicted octanol–water partition coefficient (Wildman–Crippen LogP) is 2.56. The highest BCUT2D eigenvalue weighted by Crippen LogP contribution is 2.22. The molecule has 0 fully saturated rings. The summed E-state index contributed by atoms with van der Waals surface area (Å²) >= 11 is 1.82. The minimum absolute atomic E-state index is 0.520. The quantitative estimate of drug-likeness (QED) is 0.756. The molecule has 0 aromatic carbocycles. The zero-order valence-corrected chi connectivity index (χ0v) is 9.84. The first-order valence-electron chi connectivity index (χ1n) is 5.05. The Morgan fingerprint density at radius 3 is 2.79 bits per heavy atom. The highest BCUT2D eigenvalue weighted by molar-refractivity contribution is 7.99. The van der Waals surface area contributed by atoms with Crippen LogP contribution in [-0.4, -0.2) is 22.8 Å². The van der Waals surface area contributed by atoms with Gasteiger partial charge in [0.05, 0.1) is 5.03 Å². The Kier molecular flexibility index (Phi) is 4.98. The van der Waals surface area contributed by atoms with E-state index in [4.69, 9.17) is 0 Å². The maximum atomic E-state index is 4.30. The van der Waals surface area contributed by atoms with Crippen molar-refractivity contribution < 1.29 is 0 Å². The third-order valence-corrected chi connectivity index (χ3v) is 3.44. The van der Waals surface area contributed by atoms with E-state index in [1.807, 2.05) is 30.1 Å². The van der Waals surface area contributed by atoms with Crippen LogP contribution >= 0.6 is 11.8 Å². The lowest BCUT2D eigenvalue weighted by molar-refractivity contribution is 0.563. The Labute approximate surface area is 90.5 Å². The van der Waals surface area contributed by atoms with Gasteiger partial charge in [0.2, 0.25) is 0 Å². The Balaban J connectivity index is 2.44. The van der Waals surface area contributed by atoms with E-state index in [1.54, 1.807) is 0 Å². The third kappa shape index (κ3) is 3.68. The minimum atomic E-state index is 0.520. The van der Waals surface area contributed by atoms with E-state index >= 15 is 0 Å². The van der Waals surface area contributed by atoms with E-state index in [2.05, 4.69) is 37.1 Å². The van der Waals surface area contributed by atoms with Crippen LogP contribution in [0.5, 0.6) is 0 Å². The maximum Gasteiger partial charge on any atom is 0.0962 e. The molecule has 2 nitrogen and oxygen atoms in total. The van der Waals surface area contributed by atoms with Crippen molar-refractivity contribution in [2.45, 2.75) is 37.1 Å². The fourth-order valence-corrected chi connectivity index (χ4v) is 2.16. The van der Waals surface area contributed by atoms with Gasteiger partial charge in [0.15, 0.2) is 0 Å². The maximum absolute atomic E-state index is 4.30. The van der Waals surface area contributed by atoms with Crippen molar-refractivity contribution in [2.24, 2.45) is 0 Å². The van der Waals surface area contributed by atoms with Crippen molar-refractivity contribution in [2.75, 3.05) is 6.54 Å². The molecule has 2 atom stereocenters. The van der Waals surface area contributed by atoms with E-state index < -0.39 is 0 Å². The summed E-state index contributed by atoms with van der Waals surface area (Å²) in [5, 5.41) is 5.06. The van der Waals surface area contributed by atoms with Crippen LogP contribution in [0, 0.1) is 0 Å². The van der Waals surface area contributed by atoms with Crippen LogP contribution in [-0.2, 0) is 0 Å². The minimum Gasteiger partial charge on any atom is -0.313 e. The first kappa shape index (κ1) is 11.5. The molecule has 78 valence electrons. The normalized spacial score (nSPS) is 15.1. The summed E-state index contributed by atoms with van der Waals surface area (Å²) in [4.78, 5) is 4.30. The van der Waals surface area contributed by atoms with E-state index in [0.717, 1.165) is 11.6 Å². The van der Waals surface area contributed by atoms with Gasteiger partial charge in [-0.25, -0.2) is 4.98 Å². The van der Waals surface area contributed by atoms with Gasteiger partial charge in [0.25, 0.3) is 0 Å². The molecule has 0 amide bonds. The van der Waals surface area contributed by atoms with Crippen LogP contribution in [0.2, 0.25) is 0 Å². The fourth-order valence-electron chi connectivity index (χ4n) is 1.20. The summed E-state index contributed by atoms with van der Waals surface area (Å²) in [5.74, 6) is 0. The number of rotatable bonds is 5. The smallest absolute Gasteiger partial charge is 0.0962 e. The number of pyridine rings is 1. The van der Waals surface area contributed by atoms with Crippen molar-refractivity contribution in [3.8, 4) is 0 Å².